The smallest absolute Gasteiger partial charge is 0.252 e. The maximum absolute atomic E-state index is 11.3. The molecular weight excluding hydrogens is 156 g/mol. The van der Waals surface area contributed by atoms with Gasteiger partial charge in [-0.1, -0.05) is 0 Å². The molecule has 4 heteroatoms. The van der Waals surface area contributed by atoms with E-state index in [2.05, 4.69) is 0 Å². The van der Waals surface area contributed by atoms with Crippen LogP contribution in [-0.4, -0.2) is 41.7 Å². The highest BCUT2D eigenvalue weighted by molar-refractivity contribution is 5.81. The molecule has 1 rings (SSSR count). The standard InChI is InChI=1S/C8H16N2O2/c1-10(6-3-2-4-6)8(12)7(11)5-9/h6-7,11H,2-5,9H2,1H3. The average molecular weight is 172 g/mol. The molecular formula is C8H16N2O2. The number of nitrogens with two attached hydrogens (primary N) is 1. The third-order valence-electron chi connectivity index (χ3n) is 2.48. The largest absolute Gasteiger partial charge is 0.382 e. The molecule has 1 aliphatic carbocycles. The first-order valence-electron chi connectivity index (χ1n) is 4.31. The van der Waals surface area contributed by atoms with Crippen molar-refractivity contribution in [2.75, 3.05) is 13.6 Å². The van der Waals surface area contributed by atoms with E-state index in [0.29, 0.717) is 6.04 Å². The Morgan fingerprint density at radius 2 is 2.33 bits per heavy atom. The Balaban J connectivity index is 2.39. The number of nitrogens with zero attached hydrogens (tertiary/aromatic N) is 1. The van der Waals surface area contributed by atoms with Crippen molar-refractivity contribution in [2.24, 2.45) is 5.73 Å². The van der Waals surface area contributed by atoms with Crippen LogP contribution in [-0.2, 0) is 4.79 Å². The Hall–Kier alpha value is -0.610. The molecule has 0 aromatic heterocycles. The molecule has 4 nitrogen and oxygen atoms in total. The maximum Gasteiger partial charge on any atom is 0.252 e. The van der Waals surface area contributed by atoms with Gasteiger partial charge in [-0.25, -0.2) is 0 Å². The lowest BCUT2D eigenvalue weighted by atomic mass is 9.91. The van der Waals surface area contributed by atoms with Crippen LogP contribution in [0, 0.1) is 0 Å². The van der Waals surface area contributed by atoms with Crippen molar-refractivity contribution in [3.63, 3.8) is 0 Å². The Labute approximate surface area is 72.3 Å². The van der Waals surface area contributed by atoms with Crippen molar-refractivity contribution in [2.45, 2.75) is 31.4 Å². The van der Waals surface area contributed by atoms with Crippen LogP contribution in [0.1, 0.15) is 19.3 Å². The van der Waals surface area contributed by atoms with Gasteiger partial charge in [-0.3, -0.25) is 4.79 Å². The predicted molar refractivity (Wildman–Crippen MR) is 45.5 cm³/mol. The summed E-state index contributed by atoms with van der Waals surface area (Å²) in [5.41, 5.74) is 5.17. The highest BCUT2D eigenvalue weighted by atomic mass is 16.3. The van der Waals surface area contributed by atoms with E-state index in [1.165, 1.54) is 6.42 Å². The van der Waals surface area contributed by atoms with Gasteiger partial charge in [0, 0.05) is 19.6 Å². The molecule has 0 bridgehead atoms. The third kappa shape index (κ3) is 1.76. The van der Waals surface area contributed by atoms with Gasteiger partial charge in [0.2, 0.25) is 0 Å². The van der Waals surface area contributed by atoms with Gasteiger partial charge in [0.1, 0.15) is 6.10 Å². The summed E-state index contributed by atoms with van der Waals surface area (Å²) in [6.07, 6.45) is 2.27. The first-order valence-corrected chi connectivity index (χ1v) is 4.31. The minimum Gasteiger partial charge on any atom is -0.382 e. The number of aliphatic hydroxyl groups excluding tert-OH is 1. The molecule has 0 spiro atoms. The van der Waals surface area contributed by atoms with Crippen LogP contribution in [0.3, 0.4) is 0 Å². The van der Waals surface area contributed by atoms with E-state index in [4.69, 9.17) is 10.8 Å². The van der Waals surface area contributed by atoms with Crippen molar-refractivity contribution in [1.82, 2.24) is 4.90 Å². The molecule has 0 saturated heterocycles. The van der Waals surface area contributed by atoms with Crippen LogP contribution < -0.4 is 5.73 Å². The minimum absolute atomic E-state index is 0.00981. The van der Waals surface area contributed by atoms with Crippen LogP contribution in [0.4, 0.5) is 0 Å². The summed E-state index contributed by atoms with van der Waals surface area (Å²) in [5.74, 6) is -0.248. The zero-order valence-electron chi connectivity index (χ0n) is 7.36. The molecule has 1 unspecified atom stereocenters. The van der Waals surface area contributed by atoms with E-state index < -0.39 is 6.10 Å². The molecule has 1 saturated carbocycles. The number of hydrogen-bond acceptors (Lipinski definition) is 3. The number of carbonyl (C=O) groups is 1. The van der Waals surface area contributed by atoms with E-state index in [1.54, 1.807) is 11.9 Å². The number of rotatable bonds is 3. The summed E-state index contributed by atoms with van der Waals surface area (Å²) in [6.45, 7) is 0.00981. The lowest BCUT2D eigenvalue weighted by Gasteiger charge is -2.35. The lowest BCUT2D eigenvalue weighted by molar-refractivity contribution is -0.141. The number of amides is 1. The topological polar surface area (TPSA) is 66.6 Å². The number of aliphatic hydroxyl groups is 1. The van der Waals surface area contributed by atoms with Crippen LogP contribution in [0.15, 0.2) is 0 Å². The molecule has 0 aromatic rings. The molecule has 0 radical (unpaired) electrons. The SMILES string of the molecule is CN(C(=O)C(O)CN)C1CCC1. The van der Waals surface area contributed by atoms with Crippen molar-refractivity contribution in [3.05, 3.63) is 0 Å². The van der Waals surface area contributed by atoms with Crippen molar-refractivity contribution >= 4 is 5.91 Å². The second-order valence-corrected chi connectivity index (χ2v) is 3.29. The Morgan fingerprint density at radius 3 is 2.67 bits per heavy atom. The van der Waals surface area contributed by atoms with Crippen LogP contribution in [0.25, 0.3) is 0 Å². The monoisotopic (exact) mass is 172 g/mol. The fraction of sp³-hybridized carbons (Fsp3) is 0.875. The zero-order chi connectivity index (χ0) is 9.14. The van der Waals surface area contributed by atoms with Crippen molar-refractivity contribution in [1.29, 1.82) is 0 Å². The van der Waals surface area contributed by atoms with E-state index in [1.807, 2.05) is 0 Å². The molecule has 1 aliphatic rings. The molecule has 12 heavy (non-hydrogen) atoms. The second-order valence-electron chi connectivity index (χ2n) is 3.29. The quantitative estimate of drug-likeness (QED) is 0.592. The molecule has 1 amide bonds. The fourth-order valence-corrected chi connectivity index (χ4v) is 1.29. The lowest BCUT2D eigenvalue weighted by Crippen LogP contribution is -2.47. The van der Waals surface area contributed by atoms with Crippen molar-refractivity contribution < 1.29 is 9.90 Å². The van der Waals surface area contributed by atoms with Crippen LogP contribution in [0.2, 0.25) is 0 Å². The van der Waals surface area contributed by atoms with Gasteiger partial charge in [-0.15, -0.1) is 0 Å². The molecule has 0 aliphatic heterocycles. The van der Waals surface area contributed by atoms with Crippen LogP contribution in [0.5, 0.6) is 0 Å². The van der Waals surface area contributed by atoms with Gasteiger partial charge in [0.25, 0.3) is 5.91 Å². The second kappa shape index (κ2) is 3.87. The Morgan fingerprint density at radius 1 is 1.75 bits per heavy atom. The summed E-state index contributed by atoms with van der Waals surface area (Å²) in [6, 6.07) is 0.332. The molecule has 1 atom stereocenters. The summed E-state index contributed by atoms with van der Waals surface area (Å²) in [5, 5.41) is 9.15. The van der Waals surface area contributed by atoms with Gasteiger partial charge in [0.05, 0.1) is 0 Å². The summed E-state index contributed by atoms with van der Waals surface area (Å²) in [4.78, 5) is 12.9. The van der Waals surface area contributed by atoms with E-state index in [9.17, 15) is 4.79 Å². The van der Waals surface area contributed by atoms with E-state index in [0.717, 1.165) is 12.8 Å². The molecule has 3 N–H and O–H groups in total. The van der Waals surface area contributed by atoms with E-state index >= 15 is 0 Å². The molecule has 0 heterocycles. The molecule has 70 valence electrons. The Kier molecular flexibility index (Phi) is 3.05. The maximum atomic E-state index is 11.3. The van der Waals surface area contributed by atoms with Gasteiger partial charge < -0.3 is 15.7 Å². The fourth-order valence-electron chi connectivity index (χ4n) is 1.29. The molecule has 0 aromatic carbocycles. The Bertz CT molecular complexity index is 168. The number of hydrogen-bond donors (Lipinski definition) is 2. The van der Waals surface area contributed by atoms with Gasteiger partial charge >= 0.3 is 0 Å². The number of carbonyl (C=O) groups excluding carboxylic acids is 1. The normalized spacial score (nSPS) is 19.9. The number of likely N-dealkylation sites (N-methyl/N-ethyl adjacent to an activating group) is 1. The first-order chi connectivity index (χ1) is 5.66. The minimum atomic E-state index is -1.02. The zero-order valence-corrected chi connectivity index (χ0v) is 7.36. The van der Waals surface area contributed by atoms with E-state index in [-0.39, 0.29) is 12.5 Å². The molecule has 1 fully saturated rings. The first kappa shape index (κ1) is 9.48. The highest BCUT2D eigenvalue weighted by Crippen LogP contribution is 2.23. The van der Waals surface area contributed by atoms with Gasteiger partial charge in [-0.2, -0.15) is 0 Å². The van der Waals surface area contributed by atoms with Crippen LogP contribution >= 0.6 is 0 Å². The van der Waals surface area contributed by atoms with Crippen molar-refractivity contribution in [3.8, 4) is 0 Å². The summed E-state index contributed by atoms with van der Waals surface area (Å²) in [7, 11) is 1.73. The van der Waals surface area contributed by atoms with Gasteiger partial charge in [0.15, 0.2) is 0 Å². The summed E-state index contributed by atoms with van der Waals surface area (Å²) < 4.78 is 0. The average Bonchev–Trinajstić information content (AvgIpc) is 1.98. The third-order valence-corrected chi connectivity index (χ3v) is 2.48. The van der Waals surface area contributed by atoms with Gasteiger partial charge in [-0.05, 0) is 19.3 Å². The summed E-state index contributed by atoms with van der Waals surface area (Å²) >= 11 is 0. The highest BCUT2D eigenvalue weighted by Gasteiger charge is 2.28. The predicted octanol–water partition coefficient (Wildman–Crippen LogP) is -0.683.